The van der Waals surface area contributed by atoms with Crippen LogP contribution in [0.1, 0.15) is 18.4 Å². The van der Waals surface area contributed by atoms with Crippen molar-refractivity contribution in [3.63, 3.8) is 0 Å². The Kier molecular flexibility index (Phi) is 4.71. The first-order valence-corrected chi connectivity index (χ1v) is 6.54. The third-order valence-electron chi connectivity index (χ3n) is 2.97. The van der Waals surface area contributed by atoms with Gasteiger partial charge >= 0.3 is 0 Å². The molecule has 0 heterocycles. The number of nitrogens with one attached hydrogen (secondary N) is 1. The van der Waals surface area contributed by atoms with Crippen molar-refractivity contribution in [1.29, 1.82) is 0 Å². The SMILES string of the molecule is Nc1cccc(CCCC(=O)Nc2ccccc2F)c1. The molecule has 2 rings (SSSR count). The van der Waals surface area contributed by atoms with Crippen LogP contribution in [-0.2, 0) is 11.2 Å². The highest BCUT2D eigenvalue weighted by Crippen LogP contribution is 2.14. The Morgan fingerprint density at radius 2 is 1.95 bits per heavy atom. The fraction of sp³-hybridized carbons (Fsp3) is 0.188. The summed E-state index contributed by atoms with van der Waals surface area (Å²) in [7, 11) is 0. The molecule has 3 N–H and O–H groups in total. The van der Waals surface area contributed by atoms with Crippen molar-refractivity contribution >= 4 is 17.3 Å². The number of carbonyl (C=O) groups excluding carboxylic acids is 1. The molecule has 0 bridgehead atoms. The second-order valence-electron chi connectivity index (χ2n) is 4.63. The minimum absolute atomic E-state index is 0.181. The summed E-state index contributed by atoms with van der Waals surface area (Å²) in [5.74, 6) is -0.601. The van der Waals surface area contributed by atoms with E-state index >= 15 is 0 Å². The number of nitrogens with two attached hydrogens (primary N) is 1. The van der Waals surface area contributed by atoms with Gasteiger partial charge in [0.25, 0.3) is 0 Å². The van der Waals surface area contributed by atoms with E-state index < -0.39 is 5.82 Å². The molecule has 4 heteroatoms. The predicted molar refractivity (Wildman–Crippen MR) is 78.8 cm³/mol. The summed E-state index contributed by atoms with van der Waals surface area (Å²) in [6, 6.07) is 13.7. The summed E-state index contributed by atoms with van der Waals surface area (Å²) in [6.07, 6.45) is 1.82. The Hall–Kier alpha value is -2.36. The highest BCUT2D eigenvalue weighted by molar-refractivity contribution is 5.90. The molecule has 3 nitrogen and oxygen atoms in total. The van der Waals surface area contributed by atoms with E-state index in [-0.39, 0.29) is 11.6 Å². The number of rotatable bonds is 5. The molecular weight excluding hydrogens is 255 g/mol. The minimum atomic E-state index is -0.420. The number of aryl methyl sites for hydroxylation is 1. The first-order valence-electron chi connectivity index (χ1n) is 6.54. The lowest BCUT2D eigenvalue weighted by atomic mass is 10.1. The summed E-state index contributed by atoms with van der Waals surface area (Å²) in [5.41, 5.74) is 7.73. The van der Waals surface area contributed by atoms with Crippen LogP contribution in [0.4, 0.5) is 15.8 Å². The van der Waals surface area contributed by atoms with Gasteiger partial charge in [0.1, 0.15) is 5.82 Å². The first kappa shape index (κ1) is 14.1. The van der Waals surface area contributed by atoms with Crippen molar-refractivity contribution in [1.82, 2.24) is 0 Å². The van der Waals surface area contributed by atoms with Crippen LogP contribution in [0, 0.1) is 5.82 Å². The third kappa shape index (κ3) is 4.09. The Bertz CT molecular complexity index is 599. The lowest BCUT2D eigenvalue weighted by Gasteiger charge is -2.06. The second-order valence-corrected chi connectivity index (χ2v) is 4.63. The average Bonchev–Trinajstić information content (AvgIpc) is 2.41. The number of nitrogen functional groups attached to an aromatic ring is 1. The molecule has 0 saturated heterocycles. The number of amides is 1. The van der Waals surface area contributed by atoms with Gasteiger partial charge in [-0.3, -0.25) is 4.79 Å². The van der Waals surface area contributed by atoms with Gasteiger partial charge in [-0.15, -0.1) is 0 Å². The molecule has 0 fully saturated rings. The summed E-state index contributed by atoms with van der Waals surface area (Å²) < 4.78 is 13.4. The van der Waals surface area contributed by atoms with Crippen molar-refractivity contribution in [3.8, 4) is 0 Å². The summed E-state index contributed by atoms with van der Waals surface area (Å²) in [5, 5.41) is 2.57. The molecular formula is C16H17FN2O. The molecule has 0 aliphatic carbocycles. The monoisotopic (exact) mass is 272 g/mol. The fourth-order valence-corrected chi connectivity index (χ4v) is 1.98. The van der Waals surface area contributed by atoms with Crippen LogP contribution in [0.25, 0.3) is 0 Å². The maximum absolute atomic E-state index is 13.4. The van der Waals surface area contributed by atoms with Crippen molar-refractivity contribution in [3.05, 3.63) is 59.9 Å². The number of carbonyl (C=O) groups is 1. The van der Waals surface area contributed by atoms with Crippen LogP contribution in [-0.4, -0.2) is 5.91 Å². The third-order valence-corrected chi connectivity index (χ3v) is 2.97. The number of halogens is 1. The Balaban J connectivity index is 1.80. The van der Waals surface area contributed by atoms with Gasteiger partial charge in [0, 0.05) is 12.1 Å². The van der Waals surface area contributed by atoms with E-state index in [0.717, 1.165) is 17.7 Å². The fourth-order valence-electron chi connectivity index (χ4n) is 1.98. The van der Waals surface area contributed by atoms with Crippen LogP contribution >= 0.6 is 0 Å². The van der Waals surface area contributed by atoms with Gasteiger partial charge in [0.15, 0.2) is 0 Å². The van der Waals surface area contributed by atoms with Crippen molar-refractivity contribution in [2.45, 2.75) is 19.3 Å². The van der Waals surface area contributed by atoms with Gasteiger partial charge in [-0.25, -0.2) is 4.39 Å². The number of hydrogen-bond acceptors (Lipinski definition) is 2. The minimum Gasteiger partial charge on any atom is -0.399 e. The largest absolute Gasteiger partial charge is 0.399 e. The maximum Gasteiger partial charge on any atom is 0.224 e. The molecule has 104 valence electrons. The van der Waals surface area contributed by atoms with Crippen molar-refractivity contribution in [2.24, 2.45) is 0 Å². The predicted octanol–water partition coefficient (Wildman–Crippen LogP) is 3.37. The van der Waals surface area contributed by atoms with E-state index in [1.165, 1.54) is 6.07 Å². The molecule has 0 aliphatic heterocycles. The molecule has 0 radical (unpaired) electrons. The molecule has 2 aromatic rings. The van der Waals surface area contributed by atoms with E-state index in [0.29, 0.717) is 12.8 Å². The van der Waals surface area contributed by atoms with E-state index in [1.54, 1.807) is 18.2 Å². The topological polar surface area (TPSA) is 55.1 Å². The molecule has 0 unspecified atom stereocenters. The zero-order valence-corrected chi connectivity index (χ0v) is 11.1. The van der Waals surface area contributed by atoms with E-state index in [1.807, 2.05) is 24.3 Å². The Morgan fingerprint density at radius 3 is 2.70 bits per heavy atom. The van der Waals surface area contributed by atoms with Crippen LogP contribution in [0.3, 0.4) is 0 Å². The zero-order valence-electron chi connectivity index (χ0n) is 11.1. The van der Waals surface area contributed by atoms with Gasteiger partial charge in [0.2, 0.25) is 5.91 Å². The Morgan fingerprint density at radius 1 is 1.15 bits per heavy atom. The molecule has 1 amide bonds. The highest BCUT2D eigenvalue weighted by atomic mass is 19.1. The van der Waals surface area contributed by atoms with E-state index in [2.05, 4.69) is 5.32 Å². The van der Waals surface area contributed by atoms with Gasteiger partial charge in [-0.2, -0.15) is 0 Å². The lowest BCUT2D eigenvalue weighted by Crippen LogP contribution is -2.12. The molecule has 0 aromatic heterocycles. The van der Waals surface area contributed by atoms with Crippen LogP contribution < -0.4 is 11.1 Å². The molecule has 0 saturated carbocycles. The number of para-hydroxylation sites is 1. The van der Waals surface area contributed by atoms with Crippen LogP contribution in [0.15, 0.2) is 48.5 Å². The zero-order chi connectivity index (χ0) is 14.4. The standard InChI is InChI=1S/C16H17FN2O/c17-14-8-1-2-9-15(14)19-16(20)10-4-6-12-5-3-7-13(18)11-12/h1-3,5,7-9,11H,4,6,10,18H2,(H,19,20). The first-order chi connectivity index (χ1) is 9.65. The number of hydrogen-bond donors (Lipinski definition) is 2. The average molecular weight is 272 g/mol. The lowest BCUT2D eigenvalue weighted by molar-refractivity contribution is -0.116. The highest BCUT2D eigenvalue weighted by Gasteiger charge is 2.06. The summed E-state index contributed by atoms with van der Waals surface area (Å²) in [6.45, 7) is 0. The summed E-state index contributed by atoms with van der Waals surface area (Å²) in [4.78, 5) is 11.7. The van der Waals surface area contributed by atoms with Gasteiger partial charge in [-0.1, -0.05) is 24.3 Å². The van der Waals surface area contributed by atoms with Crippen LogP contribution in [0.2, 0.25) is 0 Å². The molecule has 0 aliphatic rings. The van der Waals surface area contributed by atoms with Gasteiger partial charge < -0.3 is 11.1 Å². The van der Waals surface area contributed by atoms with Gasteiger partial charge in [0.05, 0.1) is 5.69 Å². The van der Waals surface area contributed by atoms with Crippen molar-refractivity contribution < 1.29 is 9.18 Å². The van der Waals surface area contributed by atoms with E-state index in [4.69, 9.17) is 5.73 Å². The van der Waals surface area contributed by atoms with Crippen LogP contribution in [0.5, 0.6) is 0 Å². The maximum atomic E-state index is 13.4. The van der Waals surface area contributed by atoms with Crippen molar-refractivity contribution in [2.75, 3.05) is 11.1 Å². The van der Waals surface area contributed by atoms with Gasteiger partial charge in [-0.05, 0) is 42.7 Å². The Labute approximate surface area is 117 Å². The summed E-state index contributed by atoms with van der Waals surface area (Å²) >= 11 is 0. The number of benzene rings is 2. The second kappa shape index (κ2) is 6.70. The molecule has 2 aromatic carbocycles. The van der Waals surface area contributed by atoms with E-state index in [9.17, 15) is 9.18 Å². The molecule has 20 heavy (non-hydrogen) atoms. The normalized spacial score (nSPS) is 10.2. The smallest absolute Gasteiger partial charge is 0.224 e. The number of anilines is 2. The quantitative estimate of drug-likeness (QED) is 0.820. The molecule has 0 atom stereocenters. The molecule has 0 spiro atoms.